The van der Waals surface area contributed by atoms with Gasteiger partial charge in [0.1, 0.15) is 23.4 Å². The van der Waals surface area contributed by atoms with Crippen LogP contribution in [0, 0.1) is 5.82 Å². The predicted octanol–water partition coefficient (Wildman–Crippen LogP) is 4.28. The van der Waals surface area contributed by atoms with Gasteiger partial charge in [-0.25, -0.2) is 9.37 Å². The van der Waals surface area contributed by atoms with Crippen molar-refractivity contribution < 1.29 is 18.7 Å². The fourth-order valence-corrected chi connectivity index (χ4v) is 4.48. The third-order valence-electron chi connectivity index (χ3n) is 6.43. The minimum Gasteiger partial charge on any atom is -0.457 e. The van der Waals surface area contributed by atoms with E-state index in [0.717, 1.165) is 5.56 Å². The molecule has 9 heteroatoms. The summed E-state index contributed by atoms with van der Waals surface area (Å²) in [6.07, 6.45) is 3.79. The molecule has 3 aromatic carbocycles. The maximum Gasteiger partial charge on any atom is 0.247 e. The van der Waals surface area contributed by atoms with Crippen LogP contribution in [0.1, 0.15) is 17.7 Å². The molecular formula is C29H28FN5O3. The first-order valence-corrected chi connectivity index (χ1v) is 12.4. The average Bonchev–Trinajstić information content (AvgIpc) is 3.61. The number of benzene rings is 3. The zero-order valence-electron chi connectivity index (χ0n) is 20.6. The van der Waals surface area contributed by atoms with Crippen LogP contribution in [0.4, 0.5) is 10.1 Å². The smallest absolute Gasteiger partial charge is 0.247 e. The fourth-order valence-electron chi connectivity index (χ4n) is 4.48. The molecule has 1 fully saturated rings. The monoisotopic (exact) mass is 513 g/mol. The summed E-state index contributed by atoms with van der Waals surface area (Å²) in [6.45, 7) is 1.08. The number of rotatable bonds is 9. The number of hydrogen-bond acceptors (Lipinski definition) is 5. The lowest BCUT2D eigenvalue weighted by atomic mass is 10.1. The van der Waals surface area contributed by atoms with Gasteiger partial charge in [-0.05, 0) is 60.5 Å². The SMILES string of the molecule is O=C(Nc1ccc(Oc2ccc(F)cc2)cc1)[C@@H]1C[C@@H](NCc2ccccc2)CN1C(=O)Cc1cnc[nH]1. The van der Waals surface area contributed by atoms with Crippen molar-refractivity contribution in [2.75, 3.05) is 11.9 Å². The minimum absolute atomic E-state index is 0.0249. The molecule has 1 aliphatic rings. The van der Waals surface area contributed by atoms with Gasteiger partial charge in [0.05, 0.1) is 12.7 Å². The molecular weight excluding hydrogens is 485 g/mol. The van der Waals surface area contributed by atoms with Gasteiger partial charge in [0, 0.05) is 36.7 Å². The van der Waals surface area contributed by atoms with Crippen LogP contribution in [0.25, 0.3) is 0 Å². The van der Waals surface area contributed by atoms with Crippen LogP contribution in [0.2, 0.25) is 0 Å². The first-order chi connectivity index (χ1) is 18.5. The Morgan fingerprint density at radius 3 is 2.39 bits per heavy atom. The molecule has 1 aromatic heterocycles. The Labute approximate surface area is 219 Å². The highest BCUT2D eigenvalue weighted by Gasteiger charge is 2.39. The lowest BCUT2D eigenvalue weighted by Gasteiger charge is -2.23. The van der Waals surface area contributed by atoms with Gasteiger partial charge in [-0.2, -0.15) is 0 Å². The molecule has 0 aliphatic carbocycles. The number of H-pyrrole nitrogens is 1. The zero-order valence-corrected chi connectivity index (χ0v) is 20.6. The number of anilines is 1. The van der Waals surface area contributed by atoms with E-state index in [4.69, 9.17) is 4.74 Å². The number of carbonyl (C=O) groups is 2. The Kier molecular flexibility index (Phi) is 7.75. The number of hydrogen-bond donors (Lipinski definition) is 3. The molecule has 38 heavy (non-hydrogen) atoms. The van der Waals surface area contributed by atoms with Crippen molar-refractivity contribution in [1.82, 2.24) is 20.2 Å². The number of likely N-dealkylation sites (tertiary alicyclic amines) is 1. The summed E-state index contributed by atoms with van der Waals surface area (Å²) >= 11 is 0. The van der Waals surface area contributed by atoms with Crippen LogP contribution in [0.15, 0.2) is 91.4 Å². The first-order valence-electron chi connectivity index (χ1n) is 12.4. The molecule has 4 aromatic rings. The molecule has 0 radical (unpaired) electrons. The number of imidazole rings is 1. The van der Waals surface area contributed by atoms with Crippen LogP contribution in [0.5, 0.6) is 11.5 Å². The lowest BCUT2D eigenvalue weighted by Crippen LogP contribution is -2.44. The van der Waals surface area contributed by atoms with Crippen molar-refractivity contribution in [3.8, 4) is 11.5 Å². The lowest BCUT2D eigenvalue weighted by molar-refractivity contribution is -0.136. The van der Waals surface area contributed by atoms with E-state index in [1.807, 2.05) is 30.3 Å². The molecule has 2 atom stereocenters. The molecule has 0 spiro atoms. The van der Waals surface area contributed by atoms with Gasteiger partial charge in [0.15, 0.2) is 0 Å². The Morgan fingerprint density at radius 2 is 1.71 bits per heavy atom. The number of aromatic nitrogens is 2. The number of aromatic amines is 1. The third-order valence-corrected chi connectivity index (χ3v) is 6.43. The molecule has 8 nitrogen and oxygen atoms in total. The number of ether oxygens (including phenoxy) is 1. The van der Waals surface area contributed by atoms with Crippen molar-refractivity contribution in [1.29, 1.82) is 0 Å². The van der Waals surface area contributed by atoms with Crippen molar-refractivity contribution in [2.45, 2.75) is 31.5 Å². The summed E-state index contributed by atoms with van der Waals surface area (Å²) in [5.74, 6) is 0.337. The van der Waals surface area contributed by atoms with Gasteiger partial charge in [-0.1, -0.05) is 30.3 Å². The van der Waals surface area contributed by atoms with Crippen molar-refractivity contribution in [3.05, 3.63) is 108 Å². The number of carbonyl (C=O) groups excluding carboxylic acids is 2. The summed E-state index contributed by atoms with van der Waals surface area (Å²) in [7, 11) is 0. The van der Waals surface area contributed by atoms with E-state index in [1.165, 1.54) is 18.5 Å². The molecule has 1 saturated heterocycles. The highest BCUT2D eigenvalue weighted by Crippen LogP contribution is 2.25. The summed E-state index contributed by atoms with van der Waals surface area (Å²) in [4.78, 5) is 35.1. The normalized spacial score (nSPS) is 16.8. The van der Waals surface area contributed by atoms with E-state index in [2.05, 4.69) is 20.6 Å². The predicted molar refractivity (Wildman–Crippen MR) is 141 cm³/mol. The Morgan fingerprint density at radius 1 is 1.00 bits per heavy atom. The highest BCUT2D eigenvalue weighted by atomic mass is 19.1. The maximum atomic E-state index is 13.3. The highest BCUT2D eigenvalue weighted by molar-refractivity contribution is 5.98. The van der Waals surface area contributed by atoms with Gasteiger partial charge in [-0.15, -0.1) is 0 Å². The van der Waals surface area contributed by atoms with Crippen LogP contribution in [-0.4, -0.2) is 45.3 Å². The Bertz CT molecular complexity index is 1350. The summed E-state index contributed by atoms with van der Waals surface area (Å²) in [6, 6.07) is 22.0. The molecule has 2 amide bonds. The average molecular weight is 514 g/mol. The Hall–Kier alpha value is -4.50. The van der Waals surface area contributed by atoms with Gasteiger partial charge in [-0.3, -0.25) is 9.59 Å². The van der Waals surface area contributed by atoms with E-state index in [9.17, 15) is 14.0 Å². The third kappa shape index (κ3) is 6.43. The first kappa shape index (κ1) is 25.2. The zero-order chi connectivity index (χ0) is 26.3. The minimum atomic E-state index is -0.617. The van der Waals surface area contributed by atoms with Crippen molar-refractivity contribution in [2.24, 2.45) is 0 Å². The summed E-state index contributed by atoms with van der Waals surface area (Å²) in [5, 5.41) is 6.42. The molecule has 0 bridgehead atoms. The van der Waals surface area contributed by atoms with Crippen LogP contribution in [-0.2, 0) is 22.6 Å². The number of amides is 2. The molecule has 5 rings (SSSR count). The second kappa shape index (κ2) is 11.7. The number of halogens is 1. The van der Waals surface area contributed by atoms with Crippen LogP contribution in [0.3, 0.4) is 0 Å². The molecule has 194 valence electrons. The van der Waals surface area contributed by atoms with Gasteiger partial charge < -0.3 is 25.3 Å². The van der Waals surface area contributed by atoms with E-state index >= 15 is 0 Å². The second-order valence-corrected chi connectivity index (χ2v) is 9.18. The molecule has 1 aliphatic heterocycles. The van der Waals surface area contributed by atoms with Gasteiger partial charge in [0.25, 0.3) is 0 Å². The molecule has 0 saturated carbocycles. The van der Waals surface area contributed by atoms with Gasteiger partial charge in [0.2, 0.25) is 11.8 Å². The molecule has 2 heterocycles. The number of nitrogens with one attached hydrogen (secondary N) is 3. The summed E-state index contributed by atoms with van der Waals surface area (Å²) in [5.41, 5.74) is 2.42. The van der Waals surface area contributed by atoms with Gasteiger partial charge >= 0.3 is 0 Å². The molecule has 3 N–H and O–H groups in total. The van der Waals surface area contributed by atoms with Crippen molar-refractivity contribution in [3.63, 3.8) is 0 Å². The van der Waals surface area contributed by atoms with Crippen molar-refractivity contribution >= 4 is 17.5 Å². The fraction of sp³-hybridized carbons (Fsp3) is 0.207. The standard InChI is InChI=1S/C29H28FN5O3/c30-21-6-10-25(11-7-21)38-26-12-8-22(9-13-26)34-29(37)27-14-24(32-16-20-4-2-1-3-5-20)18-35(27)28(36)15-23-17-31-19-33-23/h1-13,17,19,24,27,32H,14-16,18H2,(H,31,33)(H,34,37)/t24-,27+/m1/s1. The topological polar surface area (TPSA) is 99.3 Å². The van der Waals surface area contributed by atoms with E-state index < -0.39 is 6.04 Å². The Balaban J connectivity index is 1.24. The van der Waals surface area contributed by atoms with E-state index in [0.29, 0.717) is 42.4 Å². The maximum absolute atomic E-state index is 13.3. The number of nitrogens with zero attached hydrogens (tertiary/aromatic N) is 2. The summed E-state index contributed by atoms with van der Waals surface area (Å²) < 4.78 is 18.8. The van der Waals surface area contributed by atoms with E-state index in [1.54, 1.807) is 47.5 Å². The molecule has 0 unspecified atom stereocenters. The van der Waals surface area contributed by atoms with Crippen LogP contribution < -0.4 is 15.4 Å². The quantitative estimate of drug-likeness (QED) is 0.310. The van der Waals surface area contributed by atoms with Crippen LogP contribution >= 0.6 is 0 Å². The largest absolute Gasteiger partial charge is 0.457 e. The second-order valence-electron chi connectivity index (χ2n) is 9.18. The van der Waals surface area contributed by atoms with E-state index in [-0.39, 0.29) is 30.1 Å².